The van der Waals surface area contributed by atoms with Gasteiger partial charge in [-0.2, -0.15) is 10.3 Å². The molecule has 0 spiro atoms. The number of ketones is 1. The molecule has 1 atom stereocenters. The highest BCUT2D eigenvalue weighted by Gasteiger charge is 2.52. The Balaban J connectivity index is 3.13. The molecule has 0 aliphatic heterocycles. The zero-order valence-electron chi connectivity index (χ0n) is 15.1. The molecule has 8 heteroatoms. The van der Waals surface area contributed by atoms with Gasteiger partial charge in [-0.25, -0.2) is 15.0 Å². The van der Waals surface area contributed by atoms with E-state index in [0.29, 0.717) is 11.4 Å². The fourth-order valence-electron chi connectivity index (χ4n) is 2.25. The van der Waals surface area contributed by atoms with E-state index in [4.69, 9.17) is 9.47 Å². The van der Waals surface area contributed by atoms with Gasteiger partial charge in [0, 0.05) is 6.42 Å². The SMILES string of the molecule is CC(C)(C)OC(=O)NN(C(=O)OC(C)(C)C)C1(C#N)CCCC1=O. The minimum absolute atomic E-state index is 0.122. The minimum atomic E-state index is -1.78. The van der Waals surface area contributed by atoms with Crippen molar-refractivity contribution in [3.05, 3.63) is 0 Å². The largest absolute Gasteiger partial charge is 0.443 e. The van der Waals surface area contributed by atoms with Crippen LogP contribution in [0.4, 0.5) is 9.59 Å². The molecule has 0 radical (unpaired) electrons. The molecule has 2 amide bonds. The Hall–Kier alpha value is -2.30. The molecule has 0 bridgehead atoms. The van der Waals surface area contributed by atoms with Crippen LogP contribution >= 0.6 is 0 Å². The number of nitrogens with zero attached hydrogens (tertiary/aromatic N) is 2. The van der Waals surface area contributed by atoms with Gasteiger partial charge in [-0.1, -0.05) is 0 Å². The summed E-state index contributed by atoms with van der Waals surface area (Å²) in [6, 6.07) is 1.87. The average Bonchev–Trinajstić information content (AvgIpc) is 2.73. The van der Waals surface area contributed by atoms with Crippen LogP contribution in [0.1, 0.15) is 60.8 Å². The van der Waals surface area contributed by atoms with Gasteiger partial charge in [0.05, 0.1) is 0 Å². The molecule has 24 heavy (non-hydrogen) atoms. The van der Waals surface area contributed by atoms with Gasteiger partial charge in [-0.05, 0) is 54.4 Å². The molecule has 134 valence electrons. The lowest BCUT2D eigenvalue weighted by atomic mass is 9.98. The van der Waals surface area contributed by atoms with Crippen molar-refractivity contribution in [3.8, 4) is 6.07 Å². The van der Waals surface area contributed by atoms with E-state index in [-0.39, 0.29) is 12.8 Å². The molecule has 1 unspecified atom stereocenters. The summed E-state index contributed by atoms with van der Waals surface area (Å²) in [7, 11) is 0. The van der Waals surface area contributed by atoms with E-state index in [0.717, 1.165) is 0 Å². The van der Waals surface area contributed by atoms with Crippen LogP contribution in [0, 0.1) is 11.3 Å². The highest BCUT2D eigenvalue weighted by Crippen LogP contribution is 2.32. The lowest BCUT2D eigenvalue weighted by Gasteiger charge is -2.35. The minimum Gasteiger partial charge on any atom is -0.443 e. The number of nitrogens with one attached hydrogen (secondary N) is 1. The summed E-state index contributed by atoms with van der Waals surface area (Å²) in [6.07, 6.45) is -1.20. The topological polar surface area (TPSA) is 109 Å². The molecule has 0 aromatic rings. The van der Waals surface area contributed by atoms with Gasteiger partial charge >= 0.3 is 12.2 Å². The zero-order chi connectivity index (χ0) is 18.8. The van der Waals surface area contributed by atoms with Crippen molar-refractivity contribution >= 4 is 18.0 Å². The van der Waals surface area contributed by atoms with Crippen LogP contribution in [-0.2, 0) is 14.3 Å². The summed E-state index contributed by atoms with van der Waals surface area (Å²) in [4.78, 5) is 36.8. The summed E-state index contributed by atoms with van der Waals surface area (Å²) in [5.41, 5.74) is -1.22. The molecule has 1 aliphatic rings. The molecule has 1 saturated carbocycles. The smallest absolute Gasteiger partial charge is 0.431 e. The highest BCUT2D eigenvalue weighted by atomic mass is 16.6. The third kappa shape index (κ3) is 4.85. The third-order valence-corrected chi connectivity index (χ3v) is 3.15. The van der Waals surface area contributed by atoms with Crippen molar-refractivity contribution in [1.82, 2.24) is 10.4 Å². The molecule has 0 aromatic carbocycles. The Bertz CT molecular complexity index is 568. The van der Waals surface area contributed by atoms with E-state index >= 15 is 0 Å². The second kappa shape index (κ2) is 6.67. The maximum absolute atomic E-state index is 12.5. The van der Waals surface area contributed by atoms with Crippen LogP contribution in [-0.4, -0.2) is 39.7 Å². The number of ether oxygens (including phenoxy) is 2. The average molecular weight is 339 g/mol. The Morgan fingerprint density at radius 2 is 1.71 bits per heavy atom. The predicted molar refractivity (Wildman–Crippen MR) is 84.6 cm³/mol. The molecule has 0 saturated heterocycles. The first-order valence-corrected chi connectivity index (χ1v) is 7.78. The number of carbonyl (C=O) groups excluding carboxylic acids is 3. The van der Waals surface area contributed by atoms with Crippen LogP contribution in [0.15, 0.2) is 0 Å². The second-order valence-electron chi connectivity index (χ2n) is 7.68. The zero-order valence-corrected chi connectivity index (χ0v) is 15.1. The first-order valence-electron chi connectivity index (χ1n) is 7.78. The normalized spacial score (nSPS) is 21.0. The fourth-order valence-corrected chi connectivity index (χ4v) is 2.25. The number of hydrogen-bond donors (Lipinski definition) is 1. The summed E-state index contributed by atoms with van der Waals surface area (Å²) >= 11 is 0. The van der Waals surface area contributed by atoms with Crippen molar-refractivity contribution in [3.63, 3.8) is 0 Å². The maximum Gasteiger partial charge on any atom is 0.431 e. The van der Waals surface area contributed by atoms with Crippen molar-refractivity contribution < 1.29 is 23.9 Å². The van der Waals surface area contributed by atoms with Gasteiger partial charge in [0.2, 0.25) is 5.54 Å². The first kappa shape index (κ1) is 19.7. The summed E-state index contributed by atoms with van der Waals surface area (Å²) < 4.78 is 10.3. The van der Waals surface area contributed by atoms with Crippen molar-refractivity contribution in [2.45, 2.75) is 77.5 Å². The Labute approximate surface area is 142 Å². The molecular formula is C16H25N3O5. The Morgan fingerprint density at radius 1 is 1.17 bits per heavy atom. The third-order valence-electron chi connectivity index (χ3n) is 3.15. The number of hydrazine groups is 1. The molecule has 1 N–H and O–H groups in total. The van der Waals surface area contributed by atoms with Gasteiger partial charge < -0.3 is 9.47 Å². The summed E-state index contributed by atoms with van der Waals surface area (Å²) in [5.74, 6) is -0.438. The Morgan fingerprint density at radius 3 is 2.08 bits per heavy atom. The molecule has 1 aliphatic carbocycles. The number of Topliss-reactive ketones (excluding diaryl/α,β-unsaturated/α-hetero) is 1. The fraction of sp³-hybridized carbons (Fsp3) is 0.750. The van der Waals surface area contributed by atoms with Crippen molar-refractivity contribution in [1.29, 1.82) is 5.26 Å². The van der Waals surface area contributed by atoms with Gasteiger partial charge in [0.25, 0.3) is 0 Å². The summed E-state index contributed by atoms with van der Waals surface area (Å²) in [5, 5.41) is 10.2. The molecule has 1 fully saturated rings. The van der Waals surface area contributed by atoms with Crippen LogP contribution in [0.3, 0.4) is 0 Å². The van der Waals surface area contributed by atoms with E-state index < -0.39 is 34.7 Å². The first-order chi connectivity index (χ1) is 10.8. The number of amides is 2. The summed E-state index contributed by atoms with van der Waals surface area (Å²) in [6.45, 7) is 9.91. The van der Waals surface area contributed by atoms with E-state index in [1.807, 2.05) is 6.07 Å². The number of rotatable bonds is 1. The van der Waals surface area contributed by atoms with Crippen LogP contribution in [0.5, 0.6) is 0 Å². The lowest BCUT2D eigenvalue weighted by Crippen LogP contribution is -2.62. The van der Waals surface area contributed by atoms with Gasteiger partial charge in [-0.15, -0.1) is 0 Å². The van der Waals surface area contributed by atoms with Gasteiger partial charge in [0.1, 0.15) is 17.3 Å². The van der Waals surface area contributed by atoms with Crippen LogP contribution in [0.2, 0.25) is 0 Å². The van der Waals surface area contributed by atoms with Crippen LogP contribution in [0.25, 0.3) is 0 Å². The quantitative estimate of drug-likeness (QED) is 0.736. The number of carbonyl (C=O) groups is 3. The van der Waals surface area contributed by atoms with E-state index in [2.05, 4.69) is 5.43 Å². The predicted octanol–water partition coefficient (Wildman–Crippen LogP) is 2.68. The van der Waals surface area contributed by atoms with Crippen LogP contribution < -0.4 is 5.43 Å². The molecule has 8 nitrogen and oxygen atoms in total. The monoisotopic (exact) mass is 339 g/mol. The van der Waals surface area contributed by atoms with Gasteiger partial charge in [0.15, 0.2) is 5.78 Å². The van der Waals surface area contributed by atoms with Crippen molar-refractivity contribution in [2.75, 3.05) is 0 Å². The standard InChI is InChI=1S/C16H25N3O5/c1-14(2,3)23-12(21)18-19(13(22)24-15(4,5)6)16(10-17)9-7-8-11(16)20/h7-9H2,1-6H3,(H,18,21). The maximum atomic E-state index is 12.5. The highest BCUT2D eigenvalue weighted by molar-refractivity contribution is 5.96. The second-order valence-corrected chi connectivity index (χ2v) is 7.68. The lowest BCUT2D eigenvalue weighted by molar-refractivity contribution is -0.126. The van der Waals surface area contributed by atoms with E-state index in [9.17, 15) is 19.6 Å². The van der Waals surface area contributed by atoms with E-state index in [1.54, 1.807) is 41.5 Å². The molecular weight excluding hydrogens is 314 g/mol. The van der Waals surface area contributed by atoms with E-state index in [1.165, 1.54) is 0 Å². The molecule has 0 aromatic heterocycles. The van der Waals surface area contributed by atoms with Gasteiger partial charge in [-0.3, -0.25) is 4.79 Å². The molecule has 1 rings (SSSR count). The number of hydrogen-bond acceptors (Lipinski definition) is 6. The number of nitriles is 1. The Kier molecular flexibility index (Phi) is 5.49. The molecule has 0 heterocycles. The van der Waals surface area contributed by atoms with Crippen molar-refractivity contribution in [2.24, 2.45) is 0 Å².